The molecule has 0 bridgehead atoms. The van der Waals surface area contributed by atoms with Gasteiger partial charge in [-0.15, -0.1) is 0 Å². The van der Waals surface area contributed by atoms with Gasteiger partial charge in [0.25, 0.3) is 5.91 Å². The molecule has 152 valence electrons. The lowest BCUT2D eigenvalue weighted by Crippen LogP contribution is -2.29. The number of nitrogens with zero attached hydrogens (tertiary/aromatic N) is 1. The molecule has 0 spiro atoms. The predicted molar refractivity (Wildman–Crippen MR) is 117 cm³/mol. The van der Waals surface area contributed by atoms with Crippen LogP contribution in [0, 0.1) is 0 Å². The Balaban J connectivity index is 1.89. The summed E-state index contributed by atoms with van der Waals surface area (Å²) in [5.41, 5.74) is 0.924. The summed E-state index contributed by atoms with van der Waals surface area (Å²) in [6.45, 7) is 3.39. The summed E-state index contributed by atoms with van der Waals surface area (Å²) < 4.78 is 10.9. The first-order chi connectivity index (χ1) is 13.5. The average molecular weight is 422 g/mol. The second-order valence-electron chi connectivity index (χ2n) is 6.49. The highest BCUT2D eigenvalue weighted by molar-refractivity contribution is 8.26. The number of thiocarbonyl (C=S) groups is 1. The minimum atomic E-state index is -0.200. The Morgan fingerprint density at radius 3 is 2.82 bits per heavy atom. The molecule has 1 aromatic rings. The topological polar surface area (TPSA) is 55.8 Å². The van der Waals surface area contributed by atoms with Gasteiger partial charge >= 0.3 is 5.97 Å². The van der Waals surface area contributed by atoms with E-state index in [1.165, 1.54) is 18.9 Å². The fraction of sp³-hybridized carbons (Fsp3) is 0.476. The van der Waals surface area contributed by atoms with Gasteiger partial charge in [-0.3, -0.25) is 14.5 Å². The molecule has 1 aromatic carbocycles. The van der Waals surface area contributed by atoms with Crippen molar-refractivity contribution < 1.29 is 19.1 Å². The van der Waals surface area contributed by atoms with E-state index >= 15 is 0 Å². The zero-order valence-electron chi connectivity index (χ0n) is 16.4. The van der Waals surface area contributed by atoms with Crippen molar-refractivity contribution in [1.82, 2.24) is 4.90 Å². The summed E-state index contributed by atoms with van der Waals surface area (Å²) >= 11 is 6.70. The number of rotatable bonds is 11. The van der Waals surface area contributed by atoms with E-state index in [9.17, 15) is 9.59 Å². The van der Waals surface area contributed by atoms with E-state index in [4.69, 9.17) is 17.0 Å². The number of hydrogen-bond acceptors (Lipinski definition) is 6. The van der Waals surface area contributed by atoms with E-state index in [1.807, 2.05) is 30.3 Å². The molecule has 1 aliphatic rings. The van der Waals surface area contributed by atoms with Crippen molar-refractivity contribution in [3.05, 3.63) is 34.7 Å². The minimum absolute atomic E-state index is 0.0553. The Morgan fingerprint density at radius 2 is 2.07 bits per heavy atom. The molecule has 1 amide bonds. The molecule has 0 N–H and O–H groups in total. The third-order valence-electron chi connectivity index (χ3n) is 4.29. The summed E-state index contributed by atoms with van der Waals surface area (Å²) in [4.78, 5) is 26.1. The number of esters is 1. The van der Waals surface area contributed by atoms with Gasteiger partial charge in [-0.1, -0.05) is 55.9 Å². The van der Waals surface area contributed by atoms with E-state index in [-0.39, 0.29) is 11.9 Å². The zero-order valence-corrected chi connectivity index (χ0v) is 18.1. The molecule has 0 atom stereocenters. The number of amides is 1. The van der Waals surface area contributed by atoms with Gasteiger partial charge in [-0.25, -0.2) is 0 Å². The Kier molecular flexibility index (Phi) is 9.50. The number of benzene rings is 1. The number of ether oxygens (including phenoxy) is 2. The maximum atomic E-state index is 12.7. The third kappa shape index (κ3) is 6.95. The molecule has 1 heterocycles. The minimum Gasteiger partial charge on any atom is -0.494 e. The van der Waals surface area contributed by atoms with Crippen LogP contribution in [0.25, 0.3) is 6.08 Å². The van der Waals surface area contributed by atoms with E-state index in [2.05, 4.69) is 11.7 Å². The normalized spacial score (nSPS) is 15.4. The lowest BCUT2D eigenvalue weighted by molar-refractivity contribution is -0.140. The summed E-state index contributed by atoms with van der Waals surface area (Å²) in [5.74, 6) is 0.554. The second-order valence-corrected chi connectivity index (χ2v) is 8.17. The van der Waals surface area contributed by atoms with Crippen LogP contribution in [-0.2, 0) is 14.3 Å². The van der Waals surface area contributed by atoms with Gasteiger partial charge in [0.05, 0.1) is 18.6 Å². The van der Waals surface area contributed by atoms with Crippen LogP contribution >= 0.6 is 24.0 Å². The molecule has 5 nitrogen and oxygen atoms in total. The van der Waals surface area contributed by atoms with Gasteiger partial charge in [-0.05, 0) is 43.0 Å². The van der Waals surface area contributed by atoms with Crippen LogP contribution in [0.5, 0.6) is 5.75 Å². The Labute approximate surface area is 176 Å². The monoisotopic (exact) mass is 421 g/mol. The van der Waals surface area contributed by atoms with Crippen molar-refractivity contribution in [3.8, 4) is 5.75 Å². The maximum Gasteiger partial charge on any atom is 0.305 e. The summed E-state index contributed by atoms with van der Waals surface area (Å²) in [6.07, 6.45) is 6.78. The fourth-order valence-corrected chi connectivity index (χ4v) is 4.00. The molecule has 1 fully saturated rings. The van der Waals surface area contributed by atoms with Crippen molar-refractivity contribution in [3.63, 3.8) is 0 Å². The van der Waals surface area contributed by atoms with Crippen LogP contribution in [0.2, 0.25) is 0 Å². The van der Waals surface area contributed by atoms with E-state index in [0.717, 1.165) is 43.4 Å². The highest BCUT2D eigenvalue weighted by Crippen LogP contribution is 2.33. The molecule has 28 heavy (non-hydrogen) atoms. The first-order valence-electron chi connectivity index (χ1n) is 9.60. The standard InChI is InChI=1S/C21H27NO4S2/c1-3-4-13-26-17-10-8-9-16(14-17)15-18-20(24)22(21(27)28-18)12-7-5-6-11-19(23)25-2/h8-10,14-15H,3-7,11-13H2,1-2H3/b18-15+. The number of methoxy groups -OCH3 is 1. The largest absolute Gasteiger partial charge is 0.494 e. The molecule has 1 saturated heterocycles. The Morgan fingerprint density at radius 1 is 1.25 bits per heavy atom. The smallest absolute Gasteiger partial charge is 0.305 e. The first-order valence-corrected chi connectivity index (χ1v) is 10.8. The Hall–Kier alpha value is -1.86. The number of thioether (sulfide) groups is 1. The number of unbranched alkanes of at least 4 members (excludes halogenated alkanes) is 3. The summed E-state index contributed by atoms with van der Waals surface area (Å²) in [7, 11) is 1.39. The van der Waals surface area contributed by atoms with Gasteiger partial charge in [0.2, 0.25) is 0 Å². The average Bonchev–Trinajstić information content (AvgIpc) is 2.95. The predicted octanol–water partition coefficient (Wildman–Crippen LogP) is 4.80. The second kappa shape index (κ2) is 11.9. The molecule has 0 radical (unpaired) electrons. The number of carbonyl (C=O) groups is 2. The van der Waals surface area contributed by atoms with Crippen LogP contribution in [0.15, 0.2) is 29.2 Å². The fourth-order valence-electron chi connectivity index (χ4n) is 2.69. The van der Waals surface area contributed by atoms with E-state index < -0.39 is 0 Å². The lowest BCUT2D eigenvalue weighted by Gasteiger charge is -2.13. The maximum absolute atomic E-state index is 12.7. The number of carbonyl (C=O) groups excluding carboxylic acids is 2. The molecule has 7 heteroatoms. The highest BCUT2D eigenvalue weighted by Gasteiger charge is 2.31. The van der Waals surface area contributed by atoms with E-state index in [0.29, 0.717) is 28.8 Å². The van der Waals surface area contributed by atoms with Crippen LogP contribution < -0.4 is 4.74 Å². The van der Waals surface area contributed by atoms with Crippen LogP contribution in [0.1, 0.15) is 51.0 Å². The molecule has 0 saturated carbocycles. The molecule has 1 aliphatic heterocycles. The summed E-state index contributed by atoms with van der Waals surface area (Å²) in [6, 6.07) is 7.74. The SMILES string of the molecule is CCCCOc1cccc(/C=C2/SC(=S)N(CCCCCC(=O)OC)C2=O)c1. The van der Waals surface area contributed by atoms with Crippen LogP contribution in [0.3, 0.4) is 0 Å². The van der Waals surface area contributed by atoms with Crippen LogP contribution in [0.4, 0.5) is 0 Å². The van der Waals surface area contributed by atoms with Crippen molar-refractivity contribution >= 4 is 46.3 Å². The third-order valence-corrected chi connectivity index (χ3v) is 5.66. The lowest BCUT2D eigenvalue weighted by atomic mass is 10.2. The van der Waals surface area contributed by atoms with Gasteiger partial charge < -0.3 is 9.47 Å². The molecule has 2 rings (SSSR count). The van der Waals surface area contributed by atoms with Crippen molar-refractivity contribution in [2.75, 3.05) is 20.3 Å². The van der Waals surface area contributed by atoms with Crippen molar-refractivity contribution in [2.24, 2.45) is 0 Å². The highest BCUT2D eigenvalue weighted by atomic mass is 32.2. The van der Waals surface area contributed by atoms with Gasteiger partial charge in [0, 0.05) is 13.0 Å². The van der Waals surface area contributed by atoms with E-state index in [1.54, 1.807) is 4.90 Å². The molecule has 0 aromatic heterocycles. The van der Waals surface area contributed by atoms with Crippen LogP contribution in [-0.4, -0.2) is 41.4 Å². The molecule has 0 aliphatic carbocycles. The quantitative estimate of drug-likeness (QED) is 0.221. The van der Waals surface area contributed by atoms with Crippen molar-refractivity contribution in [1.29, 1.82) is 0 Å². The van der Waals surface area contributed by atoms with Gasteiger partial charge in [0.15, 0.2) is 0 Å². The van der Waals surface area contributed by atoms with Gasteiger partial charge in [-0.2, -0.15) is 0 Å². The molecular formula is C21H27NO4S2. The zero-order chi connectivity index (χ0) is 20.4. The Bertz CT molecular complexity index is 733. The first kappa shape index (κ1) is 22.4. The molecular weight excluding hydrogens is 394 g/mol. The van der Waals surface area contributed by atoms with Gasteiger partial charge in [0.1, 0.15) is 10.1 Å². The van der Waals surface area contributed by atoms with Crippen molar-refractivity contribution in [2.45, 2.75) is 45.4 Å². The number of hydrogen-bond donors (Lipinski definition) is 0. The summed E-state index contributed by atoms with van der Waals surface area (Å²) in [5, 5.41) is 0. The molecule has 0 unspecified atom stereocenters.